The summed E-state index contributed by atoms with van der Waals surface area (Å²) in [5.74, 6) is 6.20. The summed E-state index contributed by atoms with van der Waals surface area (Å²) in [5, 5.41) is 4.05. The van der Waals surface area contributed by atoms with Crippen LogP contribution in [0, 0.1) is 11.8 Å². The minimum Gasteiger partial charge on any atom is -0.255 e. The molecule has 0 saturated heterocycles. The van der Waals surface area contributed by atoms with Gasteiger partial charge in [-0.05, 0) is 35.7 Å². The highest BCUT2D eigenvalue weighted by Gasteiger charge is 1.98. The molecule has 19 heavy (non-hydrogen) atoms. The first-order valence-corrected chi connectivity index (χ1v) is 6.78. The third kappa shape index (κ3) is 2.87. The van der Waals surface area contributed by atoms with Gasteiger partial charge in [-0.1, -0.05) is 17.9 Å². The van der Waals surface area contributed by atoms with Crippen molar-refractivity contribution in [2.75, 3.05) is 0 Å². The molecule has 0 N–H and O–H groups in total. The molecule has 0 bridgehead atoms. The Hall–Kier alpha value is -2.44. The summed E-state index contributed by atoms with van der Waals surface area (Å²) >= 11 is 1.65. The van der Waals surface area contributed by atoms with E-state index in [1.54, 1.807) is 23.7 Å². The smallest absolute Gasteiger partial charge is 0.0887 e. The summed E-state index contributed by atoms with van der Waals surface area (Å²) < 4.78 is 0. The lowest BCUT2D eigenvalue weighted by Crippen LogP contribution is -1.86. The van der Waals surface area contributed by atoms with Crippen molar-refractivity contribution in [1.82, 2.24) is 9.97 Å². The van der Waals surface area contributed by atoms with E-state index in [1.807, 2.05) is 47.2 Å². The molecule has 0 fully saturated rings. The molecule has 0 aliphatic carbocycles. The predicted molar refractivity (Wildman–Crippen MR) is 77.8 cm³/mol. The van der Waals surface area contributed by atoms with Gasteiger partial charge in [-0.3, -0.25) is 9.97 Å². The molecule has 3 aromatic heterocycles. The van der Waals surface area contributed by atoms with E-state index in [1.165, 1.54) is 0 Å². The average Bonchev–Trinajstić information content (AvgIpc) is 3.00. The fourth-order valence-corrected chi connectivity index (χ4v) is 2.20. The van der Waals surface area contributed by atoms with Gasteiger partial charge in [0, 0.05) is 28.9 Å². The fourth-order valence-electron chi connectivity index (χ4n) is 1.61. The molecule has 0 radical (unpaired) electrons. The first-order chi connectivity index (χ1) is 9.42. The van der Waals surface area contributed by atoms with Gasteiger partial charge in [0.15, 0.2) is 0 Å². The van der Waals surface area contributed by atoms with Crippen LogP contribution >= 0.6 is 11.3 Å². The molecule has 0 aliphatic rings. The van der Waals surface area contributed by atoms with Crippen LogP contribution in [-0.4, -0.2) is 9.97 Å². The van der Waals surface area contributed by atoms with Crippen molar-refractivity contribution < 1.29 is 0 Å². The van der Waals surface area contributed by atoms with E-state index in [-0.39, 0.29) is 0 Å². The van der Waals surface area contributed by atoms with Crippen LogP contribution in [0.15, 0.2) is 59.6 Å². The van der Waals surface area contributed by atoms with Crippen molar-refractivity contribution in [3.05, 3.63) is 70.7 Å². The van der Waals surface area contributed by atoms with Gasteiger partial charge in [0.2, 0.25) is 0 Å². The normalized spacial score (nSPS) is 9.68. The van der Waals surface area contributed by atoms with Gasteiger partial charge < -0.3 is 0 Å². The second-order valence-electron chi connectivity index (χ2n) is 3.91. The maximum Gasteiger partial charge on any atom is 0.0887 e. The molecule has 0 atom stereocenters. The number of pyridine rings is 2. The van der Waals surface area contributed by atoms with Gasteiger partial charge in [0.1, 0.15) is 0 Å². The molecule has 90 valence electrons. The van der Waals surface area contributed by atoms with E-state index in [0.29, 0.717) is 0 Å². The van der Waals surface area contributed by atoms with Crippen LogP contribution in [0.4, 0.5) is 0 Å². The standard InChI is InChI=1S/C16H10N2S/c1-2-9-17-15(3-1)16-7-6-13(11-18-16)4-5-14-8-10-19-12-14/h1-3,6-12H. The van der Waals surface area contributed by atoms with Crippen molar-refractivity contribution in [1.29, 1.82) is 0 Å². The number of nitrogens with zero attached hydrogens (tertiary/aromatic N) is 2. The van der Waals surface area contributed by atoms with Gasteiger partial charge in [-0.15, -0.1) is 0 Å². The lowest BCUT2D eigenvalue weighted by atomic mass is 10.2. The first-order valence-electron chi connectivity index (χ1n) is 5.83. The van der Waals surface area contributed by atoms with E-state index in [4.69, 9.17) is 0 Å². The zero-order chi connectivity index (χ0) is 12.9. The number of thiophene rings is 1. The Morgan fingerprint density at radius 2 is 1.74 bits per heavy atom. The van der Waals surface area contributed by atoms with E-state index in [9.17, 15) is 0 Å². The zero-order valence-corrected chi connectivity index (χ0v) is 10.9. The third-order valence-corrected chi connectivity index (χ3v) is 3.25. The summed E-state index contributed by atoms with van der Waals surface area (Å²) in [6.07, 6.45) is 3.55. The van der Waals surface area contributed by atoms with Crippen LogP contribution in [0.5, 0.6) is 0 Å². The van der Waals surface area contributed by atoms with Crippen molar-refractivity contribution in [3.8, 4) is 23.2 Å². The zero-order valence-electron chi connectivity index (χ0n) is 10.1. The molecule has 3 aromatic rings. The van der Waals surface area contributed by atoms with Crippen LogP contribution in [0.2, 0.25) is 0 Å². The Morgan fingerprint density at radius 3 is 2.42 bits per heavy atom. The Kier molecular flexibility index (Phi) is 3.35. The van der Waals surface area contributed by atoms with E-state index >= 15 is 0 Å². The highest BCUT2D eigenvalue weighted by atomic mass is 32.1. The summed E-state index contributed by atoms with van der Waals surface area (Å²) in [4.78, 5) is 8.65. The maximum atomic E-state index is 4.39. The topological polar surface area (TPSA) is 25.8 Å². The minimum atomic E-state index is 0.863. The Balaban J connectivity index is 1.84. The molecule has 0 spiro atoms. The minimum absolute atomic E-state index is 0.863. The van der Waals surface area contributed by atoms with Crippen LogP contribution in [-0.2, 0) is 0 Å². The Morgan fingerprint density at radius 1 is 0.842 bits per heavy atom. The monoisotopic (exact) mass is 262 g/mol. The predicted octanol–water partition coefficient (Wildman–Crippen LogP) is 3.60. The molecule has 0 aromatic carbocycles. The second-order valence-corrected chi connectivity index (χ2v) is 4.69. The van der Waals surface area contributed by atoms with Crippen LogP contribution in [0.1, 0.15) is 11.1 Å². The molecule has 0 unspecified atom stereocenters. The number of rotatable bonds is 1. The van der Waals surface area contributed by atoms with E-state index in [2.05, 4.69) is 21.8 Å². The first kappa shape index (κ1) is 11.6. The molecule has 0 amide bonds. The fraction of sp³-hybridized carbons (Fsp3) is 0. The number of aromatic nitrogens is 2. The Labute approximate surface area is 115 Å². The maximum absolute atomic E-state index is 4.39. The van der Waals surface area contributed by atoms with Gasteiger partial charge in [-0.2, -0.15) is 11.3 Å². The highest BCUT2D eigenvalue weighted by molar-refractivity contribution is 7.08. The Bertz CT molecular complexity index is 705. The van der Waals surface area contributed by atoms with E-state index in [0.717, 1.165) is 22.5 Å². The van der Waals surface area contributed by atoms with Gasteiger partial charge >= 0.3 is 0 Å². The van der Waals surface area contributed by atoms with Crippen molar-refractivity contribution in [2.24, 2.45) is 0 Å². The molecule has 3 heteroatoms. The van der Waals surface area contributed by atoms with Crippen molar-refractivity contribution in [3.63, 3.8) is 0 Å². The summed E-state index contributed by atoms with van der Waals surface area (Å²) in [5.41, 5.74) is 3.69. The molecule has 3 rings (SSSR count). The van der Waals surface area contributed by atoms with Gasteiger partial charge in [0.25, 0.3) is 0 Å². The van der Waals surface area contributed by atoms with Crippen LogP contribution in [0.3, 0.4) is 0 Å². The third-order valence-electron chi connectivity index (χ3n) is 2.56. The summed E-state index contributed by atoms with van der Waals surface area (Å²) in [6.45, 7) is 0. The summed E-state index contributed by atoms with van der Waals surface area (Å²) in [7, 11) is 0. The molecule has 0 aliphatic heterocycles. The largest absolute Gasteiger partial charge is 0.255 e. The van der Waals surface area contributed by atoms with Crippen molar-refractivity contribution in [2.45, 2.75) is 0 Å². The molecule has 3 heterocycles. The lowest BCUT2D eigenvalue weighted by molar-refractivity contribution is 1.24. The second kappa shape index (κ2) is 5.47. The van der Waals surface area contributed by atoms with Gasteiger partial charge in [0.05, 0.1) is 11.4 Å². The lowest BCUT2D eigenvalue weighted by Gasteiger charge is -1.98. The van der Waals surface area contributed by atoms with Crippen LogP contribution < -0.4 is 0 Å². The highest BCUT2D eigenvalue weighted by Crippen LogP contribution is 2.13. The SMILES string of the molecule is C(#Cc1ccsc1)c1ccc(-c2ccccn2)nc1. The number of hydrogen-bond donors (Lipinski definition) is 0. The molecule has 0 saturated carbocycles. The molecular formula is C16H10N2S. The van der Waals surface area contributed by atoms with Gasteiger partial charge in [-0.25, -0.2) is 0 Å². The average molecular weight is 262 g/mol. The molecular weight excluding hydrogens is 252 g/mol. The van der Waals surface area contributed by atoms with Crippen molar-refractivity contribution >= 4 is 11.3 Å². The van der Waals surface area contributed by atoms with Crippen LogP contribution in [0.25, 0.3) is 11.4 Å². The summed E-state index contributed by atoms with van der Waals surface area (Å²) in [6, 6.07) is 11.7. The number of hydrogen-bond acceptors (Lipinski definition) is 3. The van der Waals surface area contributed by atoms with E-state index < -0.39 is 0 Å². The quantitative estimate of drug-likeness (QED) is 0.626. The molecule has 2 nitrogen and oxygen atoms in total.